The molecule has 2 rings (SSSR count). The standard InChI is InChI=1S/C15H16ClNO3/c1-3-4-8-17-12(15(19)20)9(2)14(18)10-6-5-7-11(16)13(10)17/h5-7H,3-4,8H2,1-2H3,(H,19,20). The number of carbonyl (C=O) groups is 1. The van der Waals surface area contributed by atoms with E-state index in [0.717, 1.165) is 12.8 Å². The summed E-state index contributed by atoms with van der Waals surface area (Å²) in [7, 11) is 0. The number of aromatic nitrogens is 1. The molecule has 0 amide bonds. The second-order valence-electron chi connectivity index (χ2n) is 4.75. The van der Waals surface area contributed by atoms with Crippen LogP contribution in [-0.4, -0.2) is 15.6 Å². The second-order valence-corrected chi connectivity index (χ2v) is 5.16. The van der Waals surface area contributed by atoms with Crippen LogP contribution in [0.25, 0.3) is 10.9 Å². The lowest BCUT2D eigenvalue weighted by Crippen LogP contribution is -2.22. The molecule has 2 aromatic rings. The van der Waals surface area contributed by atoms with Crippen molar-refractivity contribution in [1.82, 2.24) is 4.57 Å². The van der Waals surface area contributed by atoms with Crippen LogP contribution in [0.3, 0.4) is 0 Å². The van der Waals surface area contributed by atoms with Crippen LogP contribution in [-0.2, 0) is 6.54 Å². The summed E-state index contributed by atoms with van der Waals surface area (Å²) in [5, 5.41) is 10.3. The zero-order valence-corrected chi connectivity index (χ0v) is 12.2. The van der Waals surface area contributed by atoms with Crippen molar-refractivity contribution in [3.63, 3.8) is 0 Å². The lowest BCUT2D eigenvalue weighted by Gasteiger charge is -2.17. The molecule has 0 saturated heterocycles. The van der Waals surface area contributed by atoms with E-state index in [9.17, 15) is 14.7 Å². The number of hydrogen-bond acceptors (Lipinski definition) is 2. The van der Waals surface area contributed by atoms with E-state index in [2.05, 4.69) is 0 Å². The van der Waals surface area contributed by atoms with Crippen LogP contribution in [0.1, 0.15) is 35.8 Å². The SMILES string of the molecule is CCCCn1c(C(=O)O)c(C)c(=O)c2cccc(Cl)c21. The Bertz CT molecular complexity index is 734. The third-order valence-electron chi connectivity index (χ3n) is 3.40. The minimum Gasteiger partial charge on any atom is -0.477 e. The molecule has 0 atom stereocenters. The van der Waals surface area contributed by atoms with E-state index in [-0.39, 0.29) is 16.7 Å². The molecule has 1 N–H and O–H groups in total. The highest BCUT2D eigenvalue weighted by Gasteiger charge is 2.20. The molecule has 0 spiro atoms. The van der Waals surface area contributed by atoms with E-state index in [1.165, 1.54) is 0 Å². The Morgan fingerprint density at radius 3 is 2.70 bits per heavy atom. The van der Waals surface area contributed by atoms with Gasteiger partial charge in [-0.15, -0.1) is 0 Å². The van der Waals surface area contributed by atoms with Gasteiger partial charge in [0, 0.05) is 17.5 Å². The molecule has 0 unspecified atom stereocenters. The third kappa shape index (κ3) is 2.31. The number of unbranched alkanes of at least 4 members (excludes halogenated alkanes) is 1. The second kappa shape index (κ2) is 5.67. The van der Waals surface area contributed by atoms with Gasteiger partial charge in [0.1, 0.15) is 5.69 Å². The largest absolute Gasteiger partial charge is 0.477 e. The van der Waals surface area contributed by atoms with E-state index in [1.54, 1.807) is 29.7 Å². The van der Waals surface area contributed by atoms with Crippen molar-refractivity contribution < 1.29 is 9.90 Å². The van der Waals surface area contributed by atoms with Gasteiger partial charge in [-0.3, -0.25) is 4.79 Å². The molecule has 1 aromatic carbocycles. The van der Waals surface area contributed by atoms with Crippen molar-refractivity contribution >= 4 is 28.5 Å². The number of aromatic carboxylic acids is 1. The molecule has 0 radical (unpaired) electrons. The summed E-state index contributed by atoms with van der Waals surface area (Å²) in [5.41, 5.74) is 0.524. The fourth-order valence-corrected chi connectivity index (χ4v) is 2.69. The molecule has 5 heteroatoms. The Labute approximate surface area is 121 Å². The van der Waals surface area contributed by atoms with E-state index in [1.807, 2.05) is 6.92 Å². The Hall–Kier alpha value is -1.81. The molecule has 1 aromatic heterocycles. The Balaban J connectivity index is 2.95. The molecule has 4 nitrogen and oxygen atoms in total. The van der Waals surface area contributed by atoms with Gasteiger partial charge in [0.25, 0.3) is 0 Å². The number of carboxylic acid groups (broad SMARTS) is 1. The monoisotopic (exact) mass is 293 g/mol. The van der Waals surface area contributed by atoms with Crippen molar-refractivity contribution in [3.05, 3.63) is 44.7 Å². The first-order valence-electron chi connectivity index (χ1n) is 6.54. The molecule has 0 fully saturated rings. The van der Waals surface area contributed by atoms with E-state index >= 15 is 0 Å². The summed E-state index contributed by atoms with van der Waals surface area (Å²) in [6.07, 6.45) is 1.75. The summed E-state index contributed by atoms with van der Waals surface area (Å²) in [4.78, 5) is 23.8. The summed E-state index contributed by atoms with van der Waals surface area (Å²) < 4.78 is 1.65. The maximum absolute atomic E-state index is 12.3. The van der Waals surface area contributed by atoms with E-state index < -0.39 is 5.97 Å². The van der Waals surface area contributed by atoms with E-state index in [4.69, 9.17) is 11.6 Å². The minimum absolute atomic E-state index is 0.0315. The highest BCUT2D eigenvalue weighted by molar-refractivity contribution is 6.35. The van der Waals surface area contributed by atoms with Crippen LogP contribution in [0.5, 0.6) is 0 Å². The highest BCUT2D eigenvalue weighted by atomic mass is 35.5. The lowest BCUT2D eigenvalue weighted by atomic mass is 10.1. The van der Waals surface area contributed by atoms with Gasteiger partial charge in [-0.1, -0.05) is 31.0 Å². The summed E-state index contributed by atoms with van der Waals surface area (Å²) in [6.45, 7) is 4.10. The summed E-state index contributed by atoms with van der Waals surface area (Å²) in [5.74, 6) is -1.10. The zero-order valence-electron chi connectivity index (χ0n) is 11.4. The van der Waals surface area contributed by atoms with Gasteiger partial charge in [-0.05, 0) is 25.5 Å². The van der Waals surface area contributed by atoms with Gasteiger partial charge in [0.05, 0.1) is 10.5 Å². The number of fused-ring (bicyclic) bond motifs is 1. The highest BCUT2D eigenvalue weighted by Crippen LogP contribution is 2.24. The summed E-state index contributed by atoms with van der Waals surface area (Å²) in [6, 6.07) is 5.06. The van der Waals surface area contributed by atoms with Crippen molar-refractivity contribution in [2.24, 2.45) is 0 Å². The quantitative estimate of drug-likeness (QED) is 0.939. The number of hydrogen-bond donors (Lipinski definition) is 1. The molecular weight excluding hydrogens is 278 g/mol. The maximum atomic E-state index is 12.3. The van der Waals surface area contributed by atoms with Gasteiger partial charge >= 0.3 is 5.97 Å². The third-order valence-corrected chi connectivity index (χ3v) is 3.71. The van der Waals surface area contributed by atoms with Crippen molar-refractivity contribution in [2.45, 2.75) is 33.2 Å². The fraction of sp³-hybridized carbons (Fsp3) is 0.333. The number of nitrogens with zero attached hydrogens (tertiary/aromatic N) is 1. The number of rotatable bonds is 4. The topological polar surface area (TPSA) is 59.3 Å². The average Bonchev–Trinajstić information content (AvgIpc) is 2.40. The van der Waals surface area contributed by atoms with Gasteiger partial charge in [0.2, 0.25) is 0 Å². The van der Waals surface area contributed by atoms with Crippen LogP contribution in [0, 0.1) is 6.92 Å². The minimum atomic E-state index is -1.10. The summed E-state index contributed by atoms with van der Waals surface area (Å²) >= 11 is 6.19. The van der Waals surface area contributed by atoms with Crippen LogP contribution in [0.4, 0.5) is 0 Å². The average molecular weight is 294 g/mol. The van der Waals surface area contributed by atoms with Crippen molar-refractivity contribution in [1.29, 1.82) is 0 Å². The van der Waals surface area contributed by atoms with Crippen LogP contribution in [0.15, 0.2) is 23.0 Å². The zero-order chi connectivity index (χ0) is 14.9. The Morgan fingerprint density at radius 2 is 2.10 bits per heavy atom. The lowest BCUT2D eigenvalue weighted by molar-refractivity contribution is 0.0683. The number of aryl methyl sites for hydroxylation is 1. The molecule has 0 aliphatic rings. The molecule has 0 aliphatic heterocycles. The van der Waals surface area contributed by atoms with Crippen molar-refractivity contribution in [2.75, 3.05) is 0 Å². The van der Waals surface area contributed by atoms with Crippen LogP contribution < -0.4 is 5.43 Å². The number of halogens is 1. The Morgan fingerprint density at radius 1 is 1.40 bits per heavy atom. The number of pyridine rings is 1. The first-order valence-corrected chi connectivity index (χ1v) is 6.91. The first-order chi connectivity index (χ1) is 9.49. The van der Waals surface area contributed by atoms with Crippen LogP contribution >= 0.6 is 11.6 Å². The molecule has 0 bridgehead atoms. The maximum Gasteiger partial charge on any atom is 0.352 e. The van der Waals surface area contributed by atoms with Gasteiger partial charge in [-0.25, -0.2) is 4.79 Å². The number of carboxylic acids is 1. The number of para-hydroxylation sites is 1. The van der Waals surface area contributed by atoms with Gasteiger partial charge in [0.15, 0.2) is 5.43 Å². The molecule has 1 heterocycles. The van der Waals surface area contributed by atoms with E-state index in [0.29, 0.717) is 22.5 Å². The fourth-order valence-electron chi connectivity index (χ4n) is 2.41. The predicted molar refractivity (Wildman–Crippen MR) is 79.8 cm³/mol. The van der Waals surface area contributed by atoms with Gasteiger partial charge in [-0.2, -0.15) is 0 Å². The van der Waals surface area contributed by atoms with Gasteiger partial charge < -0.3 is 9.67 Å². The van der Waals surface area contributed by atoms with Crippen LogP contribution in [0.2, 0.25) is 5.02 Å². The number of benzene rings is 1. The smallest absolute Gasteiger partial charge is 0.352 e. The molecule has 20 heavy (non-hydrogen) atoms. The normalized spacial score (nSPS) is 10.9. The first kappa shape index (κ1) is 14.6. The molecule has 106 valence electrons. The van der Waals surface area contributed by atoms with Crippen molar-refractivity contribution in [3.8, 4) is 0 Å². The Kier molecular flexibility index (Phi) is 4.14. The molecular formula is C15H16ClNO3. The molecule has 0 aliphatic carbocycles. The predicted octanol–water partition coefficient (Wildman–Crippen LogP) is 3.46. The molecule has 0 saturated carbocycles.